The highest BCUT2D eigenvalue weighted by Crippen LogP contribution is 2.10. The highest BCUT2D eigenvalue weighted by molar-refractivity contribution is 7.10. The second-order valence-electron chi connectivity index (χ2n) is 5.40. The predicted molar refractivity (Wildman–Crippen MR) is 94.0 cm³/mol. The number of ether oxygens (including phenoxy) is 1. The van der Waals surface area contributed by atoms with Crippen molar-refractivity contribution >= 4 is 28.9 Å². The molecule has 9 heteroatoms. The van der Waals surface area contributed by atoms with E-state index in [1.807, 2.05) is 12.3 Å². The molecule has 0 spiro atoms. The zero-order valence-electron chi connectivity index (χ0n) is 14.0. The second kappa shape index (κ2) is 7.93. The summed E-state index contributed by atoms with van der Waals surface area (Å²) in [5.41, 5.74) is 4.13. The molecule has 0 unspecified atom stereocenters. The number of Topliss-reactive ketones (excluding diaryl/α,β-unsaturated/α-hetero) is 1. The first-order valence-electron chi connectivity index (χ1n) is 7.67. The summed E-state index contributed by atoms with van der Waals surface area (Å²) in [6.45, 7) is 1.51. The van der Waals surface area contributed by atoms with Crippen molar-refractivity contribution in [1.29, 1.82) is 0 Å². The Balaban J connectivity index is 2.20. The Hall–Kier alpha value is -2.68. The molecule has 0 aromatic carbocycles. The first kappa shape index (κ1) is 18.7. The minimum atomic E-state index is -0.797. The van der Waals surface area contributed by atoms with Crippen molar-refractivity contribution in [3.63, 3.8) is 0 Å². The molecular weight excluding hydrogens is 346 g/mol. The minimum Gasteiger partial charge on any atom is -0.457 e. The number of aromatic nitrogens is 2. The summed E-state index contributed by atoms with van der Waals surface area (Å²) in [5, 5.41) is 1.83. The van der Waals surface area contributed by atoms with Gasteiger partial charge in [0.15, 0.2) is 6.61 Å². The van der Waals surface area contributed by atoms with Crippen LogP contribution in [0.5, 0.6) is 0 Å². The van der Waals surface area contributed by atoms with Gasteiger partial charge in [-0.15, -0.1) is 11.3 Å². The van der Waals surface area contributed by atoms with Crippen LogP contribution >= 0.6 is 11.3 Å². The highest BCUT2D eigenvalue weighted by Gasteiger charge is 2.22. The van der Waals surface area contributed by atoms with Crippen molar-refractivity contribution < 1.29 is 14.3 Å². The van der Waals surface area contributed by atoms with Crippen LogP contribution in [-0.4, -0.2) is 27.5 Å². The van der Waals surface area contributed by atoms with Gasteiger partial charge < -0.3 is 10.5 Å². The summed E-state index contributed by atoms with van der Waals surface area (Å²) in [6.07, 6.45) is 0.652. The van der Waals surface area contributed by atoms with E-state index in [0.717, 1.165) is 9.44 Å². The number of thiophene rings is 1. The quantitative estimate of drug-likeness (QED) is 0.567. The number of esters is 1. The Labute approximate surface area is 147 Å². The van der Waals surface area contributed by atoms with Crippen LogP contribution in [0.15, 0.2) is 27.1 Å². The van der Waals surface area contributed by atoms with Crippen molar-refractivity contribution in [3.8, 4) is 0 Å². The molecule has 0 fully saturated rings. The summed E-state index contributed by atoms with van der Waals surface area (Å²) in [5.74, 6) is -1.51. The Bertz CT molecular complexity index is 896. The van der Waals surface area contributed by atoms with E-state index in [-0.39, 0.29) is 24.3 Å². The topological polar surface area (TPSA) is 113 Å². The van der Waals surface area contributed by atoms with Crippen LogP contribution in [0.1, 0.15) is 28.6 Å². The average Bonchev–Trinajstić information content (AvgIpc) is 3.08. The molecule has 134 valence electrons. The lowest BCUT2D eigenvalue weighted by atomic mass is 10.2. The molecule has 2 rings (SSSR count). The van der Waals surface area contributed by atoms with Gasteiger partial charge in [-0.25, -0.2) is 4.79 Å². The molecule has 0 atom stereocenters. The molecular formula is C16H19N3O5S. The zero-order valence-corrected chi connectivity index (χ0v) is 14.8. The number of anilines is 1. The van der Waals surface area contributed by atoms with Crippen LogP contribution in [0.3, 0.4) is 0 Å². The smallest absolute Gasteiger partial charge is 0.332 e. The molecule has 2 heterocycles. The molecule has 0 radical (unpaired) electrons. The average molecular weight is 365 g/mol. The van der Waals surface area contributed by atoms with Crippen LogP contribution < -0.4 is 17.0 Å². The highest BCUT2D eigenvalue weighted by atomic mass is 32.1. The van der Waals surface area contributed by atoms with Crippen molar-refractivity contribution in [2.45, 2.75) is 26.3 Å². The van der Waals surface area contributed by atoms with Crippen LogP contribution in [0, 0.1) is 0 Å². The summed E-state index contributed by atoms with van der Waals surface area (Å²) in [6, 6.07) is 3.59. The van der Waals surface area contributed by atoms with E-state index in [0.29, 0.717) is 6.42 Å². The maximum Gasteiger partial charge on any atom is 0.332 e. The predicted octanol–water partition coefficient (Wildman–Crippen LogP) is 0.569. The van der Waals surface area contributed by atoms with Gasteiger partial charge in [-0.05, 0) is 17.9 Å². The standard InChI is InChI=1S/C16H19N3O5S/c1-3-6-19-14(17)13(15(22)18(2)16(19)23)11(20)9-24-12(21)8-10-5-4-7-25-10/h4-5,7H,3,6,8-9,17H2,1-2H3. The number of nitrogens with zero attached hydrogens (tertiary/aromatic N) is 2. The molecule has 0 aliphatic heterocycles. The Morgan fingerprint density at radius 2 is 2.04 bits per heavy atom. The van der Waals surface area contributed by atoms with Crippen molar-refractivity contribution in [2.75, 3.05) is 12.3 Å². The fraction of sp³-hybridized carbons (Fsp3) is 0.375. The third kappa shape index (κ3) is 4.05. The molecule has 0 saturated carbocycles. The van der Waals surface area contributed by atoms with Gasteiger partial charge in [0.2, 0.25) is 5.78 Å². The number of carbonyl (C=O) groups is 2. The van der Waals surface area contributed by atoms with E-state index in [1.54, 1.807) is 12.1 Å². The number of ketones is 1. The summed E-state index contributed by atoms with van der Waals surface area (Å²) < 4.78 is 6.93. The molecule has 2 N–H and O–H groups in total. The third-order valence-electron chi connectivity index (χ3n) is 3.57. The Morgan fingerprint density at radius 1 is 1.32 bits per heavy atom. The first-order chi connectivity index (χ1) is 11.9. The summed E-state index contributed by atoms with van der Waals surface area (Å²) in [7, 11) is 1.27. The van der Waals surface area contributed by atoms with Gasteiger partial charge in [0.1, 0.15) is 11.4 Å². The number of rotatable bonds is 7. The molecule has 0 bridgehead atoms. The number of hydrogen-bond acceptors (Lipinski definition) is 7. The van der Waals surface area contributed by atoms with Gasteiger partial charge in [0, 0.05) is 18.5 Å². The van der Waals surface area contributed by atoms with Crippen molar-refractivity contribution in [3.05, 3.63) is 48.8 Å². The number of carbonyl (C=O) groups excluding carboxylic acids is 2. The van der Waals surface area contributed by atoms with E-state index in [4.69, 9.17) is 10.5 Å². The Morgan fingerprint density at radius 3 is 2.64 bits per heavy atom. The van der Waals surface area contributed by atoms with Crippen LogP contribution in [0.4, 0.5) is 5.82 Å². The van der Waals surface area contributed by atoms with Gasteiger partial charge >= 0.3 is 11.7 Å². The fourth-order valence-electron chi connectivity index (χ4n) is 2.31. The number of nitrogen functional groups attached to an aromatic ring is 1. The first-order valence-corrected chi connectivity index (χ1v) is 8.55. The number of hydrogen-bond donors (Lipinski definition) is 1. The van der Waals surface area contributed by atoms with E-state index >= 15 is 0 Å². The lowest BCUT2D eigenvalue weighted by Crippen LogP contribution is -2.43. The molecule has 0 aliphatic carbocycles. The second-order valence-corrected chi connectivity index (χ2v) is 6.43. The van der Waals surface area contributed by atoms with Gasteiger partial charge in [-0.3, -0.25) is 23.5 Å². The Kier molecular flexibility index (Phi) is 5.92. The monoisotopic (exact) mass is 365 g/mol. The molecule has 0 saturated heterocycles. The van der Waals surface area contributed by atoms with Gasteiger partial charge in [0.25, 0.3) is 5.56 Å². The lowest BCUT2D eigenvalue weighted by Gasteiger charge is -2.13. The zero-order chi connectivity index (χ0) is 18.6. The summed E-state index contributed by atoms with van der Waals surface area (Å²) in [4.78, 5) is 49.2. The molecule has 2 aromatic rings. The van der Waals surface area contributed by atoms with E-state index in [1.165, 1.54) is 23.0 Å². The van der Waals surface area contributed by atoms with Crippen LogP contribution in [-0.2, 0) is 29.5 Å². The van der Waals surface area contributed by atoms with Crippen LogP contribution in [0.2, 0.25) is 0 Å². The molecule has 0 aliphatic rings. The van der Waals surface area contributed by atoms with Crippen molar-refractivity contribution in [1.82, 2.24) is 9.13 Å². The molecule has 0 amide bonds. The maximum atomic E-state index is 12.3. The molecule has 25 heavy (non-hydrogen) atoms. The lowest BCUT2D eigenvalue weighted by molar-refractivity contribution is -0.141. The maximum absolute atomic E-state index is 12.3. The summed E-state index contributed by atoms with van der Waals surface area (Å²) >= 11 is 1.40. The SMILES string of the molecule is CCCn1c(N)c(C(=O)COC(=O)Cc2cccs2)c(=O)n(C)c1=O. The minimum absolute atomic E-state index is 0.0494. The van der Waals surface area contributed by atoms with E-state index in [2.05, 4.69) is 0 Å². The van der Waals surface area contributed by atoms with Crippen LogP contribution in [0.25, 0.3) is 0 Å². The largest absolute Gasteiger partial charge is 0.457 e. The van der Waals surface area contributed by atoms with Gasteiger partial charge in [-0.2, -0.15) is 0 Å². The van der Waals surface area contributed by atoms with Crippen molar-refractivity contribution in [2.24, 2.45) is 7.05 Å². The van der Waals surface area contributed by atoms with E-state index < -0.39 is 29.6 Å². The fourth-order valence-corrected chi connectivity index (χ4v) is 3.00. The molecule has 2 aromatic heterocycles. The molecule has 8 nitrogen and oxygen atoms in total. The third-order valence-corrected chi connectivity index (χ3v) is 4.45. The van der Waals surface area contributed by atoms with Gasteiger partial charge in [0.05, 0.1) is 6.42 Å². The van der Waals surface area contributed by atoms with Gasteiger partial charge in [-0.1, -0.05) is 13.0 Å². The normalized spacial score (nSPS) is 10.6. The van der Waals surface area contributed by atoms with E-state index in [9.17, 15) is 19.2 Å². The number of nitrogens with two attached hydrogens (primary N) is 1.